The smallest absolute Gasteiger partial charge is 0.238 e. The Kier molecular flexibility index (Phi) is 6.02. The topological polar surface area (TPSA) is 92.9 Å². The van der Waals surface area contributed by atoms with Crippen molar-refractivity contribution >= 4 is 15.9 Å². The van der Waals surface area contributed by atoms with Crippen molar-refractivity contribution in [1.29, 1.82) is 0 Å². The number of sulfonamides is 1. The zero-order valence-corrected chi connectivity index (χ0v) is 16.9. The van der Waals surface area contributed by atoms with E-state index in [0.29, 0.717) is 19.7 Å². The summed E-state index contributed by atoms with van der Waals surface area (Å²) >= 11 is 0. The number of hydrogen-bond acceptors (Lipinski definition) is 5. The lowest BCUT2D eigenvalue weighted by atomic mass is 10.1. The lowest BCUT2D eigenvalue weighted by Gasteiger charge is -2.31. The molecular weight excluding hydrogens is 378 g/mol. The summed E-state index contributed by atoms with van der Waals surface area (Å²) in [7, 11) is 0.183. The molecule has 0 unspecified atom stereocenters. The lowest BCUT2D eigenvalue weighted by Crippen LogP contribution is -2.47. The Morgan fingerprint density at radius 1 is 1.18 bits per heavy atom. The third-order valence-electron chi connectivity index (χ3n) is 4.69. The first-order chi connectivity index (χ1) is 13.2. The van der Waals surface area contributed by atoms with Crippen LogP contribution in [-0.4, -0.2) is 57.4 Å². The van der Waals surface area contributed by atoms with E-state index in [2.05, 4.69) is 0 Å². The molecule has 2 N–H and O–H groups in total. The summed E-state index contributed by atoms with van der Waals surface area (Å²) < 4.78 is 28.7. The number of amides is 1. The number of primary sulfonamides is 1. The first-order valence-electron chi connectivity index (χ1n) is 9.00. The van der Waals surface area contributed by atoms with Gasteiger partial charge in [0.05, 0.1) is 17.4 Å². The second-order valence-corrected chi connectivity index (χ2v) is 8.78. The van der Waals surface area contributed by atoms with E-state index in [9.17, 15) is 13.2 Å². The number of ether oxygens (including phenoxy) is 1. The highest BCUT2D eigenvalue weighted by molar-refractivity contribution is 7.89. The molecule has 0 radical (unpaired) electrons. The summed E-state index contributed by atoms with van der Waals surface area (Å²) in [6.45, 7) is 1.58. The van der Waals surface area contributed by atoms with Crippen LogP contribution in [0.5, 0.6) is 5.75 Å². The highest BCUT2D eigenvalue weighted by atomic mass is 32.2. The number of fused-ring (bicyclic) bond motifs is 1. The van der Waals surface area contributed by atoms with Crippen molar-refractivity contribution < 1.29 is 17.9 Å². The zero-order chi connectivity index (χ0) is 20.3. The van der Waals surface area contributed by atoms with Crippen molar-refractivity contribution in [1.82, 2.24) is 9.80 Å². The molecular formula is C20H25N3O4S. The number of hydrogen-bond donors (Lipinski definition) is 1. The van der Waals surface area contributed by atoms with Crippen LogP contribution in [-0.2, 0) is 27.8 Å². The molecule has 0 aromatic heterocycles. The summed E-state index contributed by atoms with van der Waals surface area (Å²) in [6, 6.07) is 13.8. The van der Waals surface area contributed by atoms with Crippen LogP contribution >= 0.6 is 0 Å². The van der Waals surface area contributed by atoms with E-state index in [1.165, 1.54) is 12.1 Å². The standard InChI is InChI=1S/C20H25N3O4S/c1-22(2)13-17-14-27-19-6-4-3-5-16(19)12-23(17)20(24)11-15-7-9-18(10-8-15)28(21,25)26/h3-10,17H,11-14H2,1-2H3,(H2,21,25,26)/t17-/m0/s1. The van der Waals surface area contributed by atoms with Gasteiger partial charge in [0, 0.05) is 18.7 Å². The van der Waals surface area contributed by atoms with E-state index >= 15 is 0 Å². The van der Waals surface area contributed by atoms with Crippen LogP contribution in [0.4, 0.5) is 0 Å². The van der Waals surface area contributed by atoms with Gasteiger partial charge in [0.15, 0.2) is 0 Å². The Balaban J connectivity index is 1.81. The van der Waals surface area contributed by atoms with Crippen LogP contribution in [0.15, 0.2) is 53.4 Å². The normalized spacial score (nSPS) is 17.0. The molecule has 0 saturated heterocycles. The molecule has 0 aliphatic carbocycles. The minimum absolute atomic E-state index is 0.0319. The average molecular weight is 404 g/mol. The van der Waals surface area contributed by atoms with Crippen molar-refractivity contribution in [2.75, 3.05) is 27.2 Å². The van der Waals surface area contributed by atoms with Gasteiger partial charge in [-0.1, -0.05) is 30.3 Å². The van der Waals surface area contributed by atoms with Crippen molar-refractivity contribution in [2.24, 2.45) is 5.14 Å². The number of likely N-dealkylation sites (N-methyl/N-ethyl adjacent to an activating group) is 1. The SMILES string of the molecule is CN(C)C[C@H]1COc2ccccc2CN1C(=O)Cc1ccc(S(N)(=O)=O)cc1. The van der Waals surface area contributed by atoms with Gasteiger partial charge < -0.3 is 14.5 Å². The van der Waals surface area contributed by atoms with Crippen molar-refractivity contribution in [3.8, 4) is 5.75 Å². The molecule has 2 aromatic carbocycles. The van der Waals surface area contributed by atoms with E-state index in [4.69, 9.17) is 9.88 Å². The molecule has 1 amide bonds. The van der Waals surface area contributed by atoms with Crippen molar-refractivity contribution in [3.63, 3.8) is 0 Å². The highest BCUT2D eigenvalue weighted by Gasteiger charge is 2.29. The fourth-order valence-electron chi connectivity index (χ4n) is 3.30. The van der Waals surface area contributed by atoms with Gasteiger partial charge in [0.25, 0.3) is 0 Å². The first-order valence-corrected chi connectivity index (χ1v) is 10.6. The van der Waals surface area contributed by atoms with E-state index in [-0.39, 0.29) is 23.3 Å². The fourth-order valence-corrected chi connectivity index (χ4v) is 3.82. The zero-order valence-electron chi connectivity index (χ0n) is 16.0. The summed E-state index contributed by atoms with van der Waals surface area (Å²) in [5.41, 5.74) is 1.71. The van der Waals surface area contributed by atoms with Gasteiger partial charge in [-0.05, 0) is 37.9 Å². The van der Waals surface area contributed by atoms with Crippen molar-refractivity contribution in [2.45, 2.75) is 23.9 Å². The number of rotatable bonds is 5. The van der Waals surface area contributed by atoms with Gasteiger partial charge in [-0.15, -0.1) is 0 Å². The minimum atomic E-state index is -3.75. The Labute approximate surface area is 165 Å². The molecule has 1 heterocycles. The number of nitrogens with zero attached hydrogens (tertiary/aromatic N) is 2. The van der Waals surface area contributed by atoms with Gasteiger partial charge >= 0.3 is 0 Å². The van der Waals surface area contributed by atoms with E-state index < -0.39 is 10.0 Å². The Morgan fingerprint density at radius 3 is 2.50 bits per heavy atom. The van der Waals surface area contributed by atoms with Gasteiger partial charge in [0.1, 0.15) is 12.4 Å². The molecule has 0 saturated carbocycles. The fraction of sp³-hybridized carbons (Fsp3) is 0.350. The third-order valence-corrected chi connectivity index (χ3v) is 5.62. The molecule has 8 heteroatoms. The molecule has 0 bridgehead atoms. The lowest BCUT2D eigenvalue weighted by molar-refractivity contribution is -0.134. The Hall–Kier alpha value is -2.42. The summed E-state index contributed by atoms with van der Waals surface area (Å²) in [5, 5.41) is 5.13. The van der Waals surface area contributed by atoms with Gasteiger partial charge in [-0.2, -0.15) is 0 Å². The molecule has 2 aromatic rings. The highest BCUT2D eigenvalue weighted by Crippen LogP contribution is 2.25. The average Bonchev–Trinajstić information content (AvgIpc) is 2.81. The largest absolute Gasteiger partial charge is 0.491 e. The maximum absolute atomic E-state index is 13.1. The molecule has 1 atom stereocenters. The molecule has 7 nitrogen and oxygen atoms in total. The van der Waals surface area contributed by atoms with Crippen LogP contribution < -0.4 is 9.88 Å². The predicted octanol–water partition coefficient (Wildman–Crippen LogP) is 1.23. The first kappa shape index (κ1) is 20.3. The van der Waals surface area contributed by atoms with Gasteiger partial charge in [-0.25, -0.2) is 13.6 Å². The Morgan fingerprint density at radius 2 is 1.86 bits per heavy atom. The number of carbonyl (C=O) groups is 1. The van der Waals surface area contributed by atoms with Crippen LogP contribution in [0, 0.1) is 0 Å². The maximum Gasteiger partial charge on any atom is 0.238 e. The molecule has 1 aliphatic rings. The molecule has 1 aliphatic heterocycles. The van der Waals surface area contributed by atoms with E-state index in [0.717, 1.165) is 16.9 Å². The van der Waals surface area contributed by atoms with Crippen LogP contribution in [0.1, 0.15) is 11.1 Å². The van der Waals surface area contributed by atoms with Crippen LogP contribution in [0.25, 0.3) is 0 Å². The summed E-state index contributed by atoms with van der Waals surface area (Å²) in [4.78, 5) is 17.0. The minimum Gasteiger partial charge on any atom is -0.491 e. The third kappa shape index (κ3) is 4.89. The van der Waals surface area contributed by atoms with E-state index in [1.807, 2.05) is 48.2 Å². The Bertz CT molecular complexity index is 942. The predicted molar refractivity (Wildman–Crippen MR) is 106 cm³/mol. The number of carbonyl (C=O) groups excluding carboxylic acids is 1. The molecule has 3 rings (SSSR count). The van der Waals surface area contributed by atoms with Crippen molar-refractivity contribution in [3.05, 3.63) is 59.7 Å². The van der Waals surface area contributed by atoms with Gasteiger partial charge in [-0.3, -0.25) is 4.79 Å². The number of para-hydroxylation sites is 1. The van der Waals surface area contributed by atoms with E-state index in [1.54, 1.807) is 12.1 Å². The molecule has 28 heavy (non-hydrogen) atoms. The molecule has 150 valence electrons. The van der Waals surface area contributed by atoms with Gasteiger partial charge in [0.2, 0.25) is 15.9 Å². The summed E-state index contributed by atoms with van der Waals surface area (Å²) in [6.07, 6.45) is 0.178. The number of benzene rings is 2. The maximum atomic E-state index is 13.1. The molecule has 0 spiro atoms. The second-order valence-electron chi connectivity index (χ2n) is 7.22. The van der Waals surface area contributed by atoms with Crippen LogP contribution in [0.3, 0.4) is 0 Å². The molecule has 0 fully saturated rings. The quantitative estimate of drug-likeness (QED) is 0.811. The summed E-state index contributed by atoms with van der Waals surface area (Å²) in [5.74, 6) is 0.773. The number of nitrogens with two attached hydrogens (primary N) is 1. The monoisotopic (exact) mass is 403 g/mol. The second kappa shape index (κ2) is 8.30. The van der Waals surface area contributed by atoms with Crippen LogP contribution in [0.2, 0.25) is 0 Å².